The highest BCUT2D eigenvalue weighted by atomic mass is 19.1. The molecule has 1 N–H and O–H groups in total. The van der Waals surface area contributed by atoms with Crippen molar-refractivity contribution in [3.05, 3.63) is 65.5 Å². The molecule has 2 aromatic carbocycles. The topological polar surface area (TPSA) is 48.7 Å². The van der Waals surface area contributed by atoms with Gasteiger partial charge in [-0.1, -0.05) is 18.2 Å². The van der Waals surface area contributed by atoms with Gasteiger partial charge in [0.05, 0.1) is 17.1 Å². The number of rotatable bonds is 2. The fourth-order valence-electron chi connectivity index (χ4n) is 2.20. The highest BCUT2D eigenvalue weighted by Gasteiger charge is 2.06. The molecule has 0 saturated carbocycles. The lowest BCUT2D eigenvalue weighted by Crippen LogP contribution is -1.96. The number of aromatic nitrogens is 1. The zero-order chi connectivity index (χ0) is 14.8. The van der Waals surface area contributed by atoms with Gasteiger partial charge in [-0.05, 0) is 42.8 Å². The number of anilines is 2. The Bertz CT molecular complexity index is 866. The molecule has 3 rings (SSSR count). The van der Waals surface area contributed by atoms with Gasteiger partial charge < -0.3 is 5.32 Å². The van der Waals surface area contributed by atoms with Gasteiger partial charge in [-0.2, -0.15) is 5.26 Å². The van der Waals surface area contributed by atoms with Crippen LogP contribution in [0, 0.1) is 24.1 Å². The normalized spacial score (nSPS) is 10.3. The van der Waals surface area contributed by atoms with Gasteiger partial charge in [0.15, 0.2) is 0 Å². The zero-order valence-electron chi connectivity index (χ0n) is 11.4. The van der Waals surface area contributed by atoms with Crippen LogP contribution in [0.3, 0.4) is 0 Å². The van der Waals surface area contributed by atoms with E-state index < -0.39 is 0 Å². The van der Waals surface area contributed by atoms with Crippen LogP contribution >= 0.6 is 0 Å². The van der Waals surface area contributed by atoms with Crippen LogP contribution in [-0.4, -0.2) is 4.98 Å². The maximum absolute atomic E-state index is 13.3. The van der Waals surface area contributed by atoms with Crippen LogP contribution in [0.25, 0.3) is 10.9 Å². The first-order valence-electron chi connectivity index (χ1n) is 6.50. The Hall–Kier alpha value is -2.93. The minimum Gasteiger partial charge on any atom is -0.340 e. The SMILES string of the molecule is Cc1cc(Nc2cc(C#N)c3ccccc3n2)ccc1F. The van der Waals surface area contributed by atoms with Crippen LogP contribution < -0.4 is 5.32 Å². The van der Waals surface area contributed by atoms with Crippen molar-refractivity contribution in [2.24, 2.45) is 0 Å². The fraction of sp³-hybridized carbons (Fsp3) is 0.0588. The third-order valence-electron chi connectivity index (χ3n) is 3.27. The Balaban J connectivity index is 2.04. The van der Waals surface area contributed by atoms with Crippen molar-refractivity contribution < 1.29 is 4.39 Å². The second kappa shape index (κ2) is 5.22. The number of para-hydroxylation sites is 1. The molecule has 3 aromatic rings. The van der Waals surface area contributed by atoms with Crippen molar-refractivity contribution in [2.45, 2.75) is 6.92 Å². The van der Waals surface area contributed by atoms with E-state index in [1.807, 2.05) is 24.3 Å². The van der Waals surface area contributed by atoms with Gasteiger partial charge >= 0.3 is 0 Å². The number of nitrogens with one attached hydrogen (secondary N) is 1. The molecule has 0 bridgehead atoms. The van der Waals surface area contributed by atoms with Crippen LogP contribution in [0.2, 0.25) is 0 Å². The molecule has 0 saturated heterocycles. The Morgan fingerprint density at radius 3 is 2.71 bits per heavy atom. The van der Waals surface area contributed by atoms with Crippen LogP contribution in [0.5, 0.6) is 0 Å². The van der Waals surface area contributed by atoms with E-state index in [0.717, 1.165) is 16.6 Å². The minimum atomic E-state index is -0.246. The lowest BCUT2D eigenvalue weighted by atomic mass is 10.1. The first-order chi connectivity index (χ1) is 10.2. The van der Waals surface area contributed by atoms with Crippen LogP contribution in [0.4, 0.5) is 15.9 Å². The minimum absolute atomic E-state index is 0.246. The summed E-state index contributed by atoms with van der Waals surface area (Å²) in [6.45, 7) is 1.70. The van der Waals surface area contributed by atoms with Gasteiger partial charge in [-0.15, -0.1) is 0 Å². The van der Waals surface area contributed by atoms with Crippen molar-refractivity contribution in [2.75, 3.05) is 5.32 Å². The predicted molar refractivity (Wildman–Crippen MR) is 80.9 cm³/mol. The third kappa shape index (κ3) is 2.54. The summed E-state index contributed by atoms with van der Waals surface area (Å²) in [6, 6.07) is 16.1. The number of aryl methyl sites for hydroxylation is 1. The van der Waals surface area contributed by atoms with E-state index in [0.29, 0.717) is 16.9 Å². The quantitative estimate of drug-likeness (QED) is 0.759. The molecular weight excluding hydrogens is 265 g/mol. The third-order valence-corrected chi connectivity index (χ3v) is 3.27. The molecule has 0 aliphatic rings. The van der Waals surface area contributed by atoms with E-state index in [2.05, 4.69) is 16.4 Å². The zero-order valence-corrected chi connectivity index (χ0v) is 11.4. The van der Waals surface area contributed by atoms with Crippen LogP contribution in [-0.2, 0) is 0 Å². The lowest BCUT2D eigenvalue weighted by Gasteiger charge is -2.09. The highest BCUT2D eigenvalue weighted by molar-refractivity contribution is 5.86. The molecule has 0 aliphatic heterocycles. The Labute approximate surface area is 121 Å². The molecular formula is C17H12FN3. The Kier molecular flexibility index (Phi) is 3.25. The van der Waals surface area contributed by atoms with E-state index in [9.17, 15) is 9.65 Å². The van der Waals surface area contributed by atoms with Crippen LogP contribution in [0.15, 0.2) is 48.5 Å². The number of nitriles is 1. The molecule has 3 nitrogen and oxygen atoms in total. The fourth-order valence-corrected chi connectivity index (χ4v) is 2.20. The van der Waals surface area contributed by atoms with E-state index in [1.54, 1.807) is 25.1 Å². The van der Waals surface area contributed by atoms with Crippen molar-refractivity contribution in [1.82, 2.24) is 4.98 Å². The summed E-state index contributed by atoms with van der Waals surface area (Å²) in [5.41, 5.74) is 2.60. The Morgan fingerprint density at radius 1 is 1.14 bits per heavy atom. The van der Waals surface area contributed by atoms with E-state index in [1.165, 1.54) is 6.07 Å². The first-order valence-corrected chi connectivity index (χ1v) is 6.50. The van der Waals surface area contributed by atoms with Gasteiger partial charge in [-0.25, -0.2) is 9.37 Å². The van der Waals surface area contributed by atoms with E-state index in [-0.39, 0.29) is 5.82 Å². The van der Waals surface area contributed by atoms with Crippen molar-refractivity contribution in [3.8, 4) is 6.07 Å². The summed E-state index contributed by atoms with van der Waals surface area (Å²) in [6.07, 6.45) is 0. The van der Waals surface area contributed by atoms with Crippen molar-refractivity contribution >= 4 is 22.4 Å². The molecule has 0 fully saturated rings. The number of nitrogens with zero attached hydrogens (tertiary/aromatic N) is 2. The molecule has 0 spiro atoms. The molecule has 21 heavy (non-hydrogen) atoms. The van der Waals surface area contributed by atoms with Gasteiger partial charge in [0.1, 0.15) is 11.6 Å². The molecule has 4 heteroatoms. The molecule has 0 amide bonds. The van der Waals surface area contributed by atoms with E-state index in [4.69, 9.17) is 0 Å². The van der Waals surface area contributed by atoms with Gasteiger partial charge in [-0.3, -0.25) is 0 Å². The van der Waals surface area contributed by atoms with Crippen molar-refractivity contribution in [1.29, 1.82) is 5.26 Å². The molecule has 1 aromatic heterocycles. The standard InChI is InChI=1S/C17H12FN3/c1-11-8-13(6-7-15(11)18)20-17-9-12(10-19)14-4-2-3-5-16(14)21-17/h2-9H,1H3,(H,20,21). The Morgan fingerprint density at radius 2 is 1.95 bits per heavy atom. The first kappa shape index (κ1) is 13.1. The largest absolute Gasteiger partial charge is 0.340 e. The van der Waals surface area contributed by atoms with Crippen LogP contribution in [0.1, 0.15) is 11.1 Å². The number of hydrogen-bond acceptors (Lipinski definition) is 3. The average molecular weight is 277 g/mol. The molecule has 0 unspecified atom stereocenters. The predicted octanol–water partition coefficient (Wildman–Crippen LogP) is 4.30. The summed E-state index contributed by atoms with van der Waals surface area (Å²) < 4.78 is 13.3. The monoisotopic (exact) mass is 277 g/mol. The summed E-state index contributed by atoms with van der Waals surface area (Å²) in [4.78, 5) is 4.48. The number of benzene rings is 2. The summed E-state index contributed by atoms with van der Waals surface area (Å²) >= 11 is 0. The highest BCUT2D eigenvalue weighted by Crippen LogP contribution is 2.23. The van der Waals surface area contributed by atoms with Gasteiger partial charge in [0.2, 0.25) is 0 Å². The number of halogens is 1. The second-order valence-electron chi connectivity index (χ2n) is 4.77. The number of fused-ring (bicyclic) bond motifs is 1. The van der Waals surface area contributed by atoms with Crippen molar-refractivity contribution in [3.63, 3.8) is 0 Å². The number of pyridine rings is 1. The molecule has 0 atom stereocenters. The average Bonchev–Trinajstić information content (AvgIpc) is 2.50. The lowest BCUT2D eigenvalue weighted by molar-refractivity contribution is 0.619. The second-order valence-corrected chi connectivity index (χ2v) is 4.77. The summed E-state index contributed by atoms with van der Waals surface area (Å²) in [7, 11) is 0. The molecule has 102 valence electrons. The van der Waals surface area contributed by atoms with E-state index >= 15 is 0 Å². The smallest absolute Gasteiger partial charge is 0.132 e. The molecule has 0 aliphatic carbocycles. The maximum atomic E-state index is 13.3. The summed E-state index contributed by atoms with van der Waals surface area (Å²) in [5.74, 6) is 0.320. The molecule has 0 radical (unpaired) electrons. The maximum Gasteiger partial charge on any atom is 0.132 e. The number of hydrogen-bond donors (Lipinski definition) is 1. The summed E-state index contributed by atoms with van der Waals surface area (Å²) in [5, 5.41) is 13.2. The molecule has 1 heterocycles. The van der Waals surface area contributed by atoms with Gasteiger partial charge in [0.25, 0.3) is 0 Å². The van der Waals surface area contributed by atoms with Gasteiger partial charge in [0, 0.05) is 11.1 Å².